The van der Waals surface area contributed by atoms with Crippen LogP contribution in [-0.4, -0.2) is 65.0 Å². The minimum atomic E-state index is -5.51. The third kappa shape index (κ3) is 6.19. The maximum atomic E-state index is 15.0. The van der Waals surface area contributed by atoms with Crippen molar-refractivity contribution in [3.63, 3.8) is 0 Å². The van der Waals surface area contributed by atoms with E-state index in [0.29, 0.717) is 10.9 Å². The average molecular weight is 721 g/mol. The number of methoxy groups -OCH3 is 1. The van der Waals surface area contributed by atoms with Gasteiger partial charge in [-0.25, -0.2) is 9.37 Å². The fraction of sp³-hybridized carbons (Fsp3) is 0.371. The Hall–Kier alpha value is -4.99. The van der Waals surface area contributed by atoms with Crippen LogP contribution in [0.1, 0.15) is 54.2 Å². The molecule has 1 saturated carbocycles. The van der Waals surface area contributed by atoms with Gasteiger partial charge in [0.05, 0.1) is 19.3 Å². The van der Waals surface area contributed by atoms with Crippen LogP contribution in [0.3, 0.4) is 0 Å². The van der Waals surface area contributed by atoms with Crippen LogP contribution in [0.15, 0.2) is 60.8 Å². The number of halogens is 7. The van der Waals surface area contributed by atoms with Gasteiger partial charge >= 0.3 is 12.4 Å². The molecule has 6 rings (SSSR count). The van der Waals surface area contributed by atoms with Crippen LogP contribution < -0.4 is 20.1 Å². The first kappa shape index (κ1) is 35.8. The van der Waals surface area contributed by atoms with E-state index < -0.39 is 65.4 Å². The lowest BCUT2D eigenvalue weighted by molar-refractivity contribution is -0.265. The second-order valence-corrected chi connectivity index (χ2v) is 12.9. The largest absolute Gasteiger partial charge is 0.494 e. The van der Waals surface area contributed by atoms with Crippen molar-refractivity contribution in [3.05, 3.63) is 83.4 Å². The lowest BCUT2D eigenvalue weighted by atomic mass is 9.80. The van der Waals surface area contributed by atoms with Crippen molar-refractivity contribution in [1.82, 2.24) is 20.6 Å². The van der Waals surface area contributed by atoms with Crippen molar-refractivity contribution < 1.29 is 54.9 Å². The fourth-order valence-corrected chi connectivity index (χ4v) is 6.49. The molecule has 0 bridgehead atoms. The summed E-state index contributed by atoms with van der Waals surface area (Å²) in [6, 6.07) is 10.9. The molecule has 1 unspecified atom stereocenters. The first-order chi connectivity index (χ1) is 23.9. The number of carbonyl (C=O) groups is 2. The van der Waals surface area contributed by atoms with E-state index >= 15 is 0 Å². The van der Waals surface area contributed by atoms with Gasteiger partial charge < -0.3 is 25.2 Å². The van der Waals surface area contributed by atoms with Crippen LogP contribution in [0.25, 0.3) is 22.2 Å². The molecule has 2 aromatic heterocycles. The summed E-state index contributed by atoms with van der Waals surface area (Å²) in [5.41, 5.74) is -9.88. The van der Waals surface area contributed by atoms with E-state index in [4.69, 9.17) is 9.47 Å². The number of nitrogens with zero attached hydrogens (tertiary/aromatic N) is 2. The molecule has 0 radical (unpaired) electrons. The Morgan fingerprint density at radius 3 is 2.33 bits per heavy atom. The Kier molecular flexibility index (Phi) is 8.89. The SMILES string of the molecule is COc1cc(C(=O)NCC(O)(c2cc3c(c(-c4ccc(F)cc4)n2)OC[C@]3(C)C(=O)NC2(C(F)(F)F)CCCC2)C(F)(F)F)cc2cccnc12. The second kappa shape index (κ2) is 12.7. The number of amides is 2. The van der Waals surface area contributed by atoms with E-state index in [1.165, 1.54) is 44.5 Å². The number of fused-ring (bicyclic) bond motifs is 2. The van der Waals surface area contributed by atoms with Gasteiger partial charge in [-0.1, -0.05) is 18.9 Å². The molecule has 2 aromatic carbocycles. The van der Waals surface area contributed by atoms with Gasteiger partial charge in [-0.3, -0.25) is 14.6 Å². The van der Waals surface area contributed by atoms with Gasteiger partial charge in [-0.2, -0.15) is 26.3 Å². The van der Waals surface area contributed by atoms with Gasteiger partial charge in [0.15, 0.2) is 0 Å². The summed E-state index contributed by atoms with van der Waals surface area (Å²) >= 11 is 0. The third-order valence-electron chi connectivity index (χ3n) is 9.59. The summed E-state index contributed by atoms with van der Waals surface area (Å²) < 4.78 is 113. The van der Waals surface area contributed by atoms with Crippen LogP contribution in [-0.2, 0) is 15.8 Å². The summed E-state index contributed by atoms with van der Waals surface area (Å²) in [6.07, 6.45) is -9.22. The van der Waals surface area contributed by atoms with Crippen LogP contribution in [0.5, 0.6) is 11.5 Å². The maximum Gasteiger partial charge on any atom is 0.424 e. The predicted octanol–water partition coefficient (Wildman–Crippen LogP) is 6.27. The van der Waals surface area contributed by atoms with Gasteiger partial charge in [0.25, 0.3) is 5.91 Å². The zero-order valence-electron chi connectivity index (χ0n) is 27.1. The highest BCUT2D eigenvalue weighted by Crippen LogP contribution is 2.49. The molecule has 3 heterocycles. The topological polar surface area (TPSA) is 123 Å². The highest BCUT2D eigenvalue weighted by molar-refractivity contribution is 6.00. The molecule has 2 atom stereocenters. The molecule has 2 amide bonds. The fourth-order valence-electron chi connectivity index (χ4n) is 6.49. The molecule has 3 N–H and O–H groups in total. The molecule has 9 nitrogen and oxygen atoms in total. The average Bonchev–Trinajstić information content (AvgIpc) is 3.72. The first-order valence-electron chi connectivity index (χ1n) is 15.8. The monoisotopic (exact) mass is 720 g/mol. The van der Waals surface area contributed by atoms with Gasteiger partial charge in [0.1, 0.15) is 46.1 Å². The van der Waals surface area contributed by atoms with E-state index in [9.17, 15) is 45.4 Å². The Labute approximate surface area is 286 Å². The number of hydrogen-bond donors (Lipinski definition) is 3. The lowest BCUT2D eigenvalue weighted by Gasteiger charge is -2.36. The quantitative estimate of drug-likeness (QED) is 0.184. The van der Waals surface area contributed by atoms with Crippen LogP contribution in [0, 0.1) is 5.82 Å². The van der Waals surface area contributed by atoms with E-state index in [-0.39, 0.29) is 59.6 Å². The Morgan fingerprint density at radius 2 is 1.71 bits per heavy atom. The molecular weight excluding hydrogens is 689 g/mol. The van der Waals surface area contributed by atoms with Gasteiger partial charge in [-0.15, -0.1) is 0 Å². The Bertz CT molecular complexity index is 2000. The lowest BCUT2D eigenvalue weighted by Crippen LogP contribution is -2.60. The van der Waals surface area contributed by atoms with Crippen molar-refractivity contribution in [2.45, 2.75) is 61.5 Å². The number of aromatic nitrogens is 2. The van der Waals surface area contributed by atoms with Crippen molar-refractivity contribution in [1.29, 1.82) is 0 Å². The Morgan fingerprint density at radius 1 is 1.02 bits per heavy atom. The number of hydrogen-bond acceptors (Lipinski definition) is 7. The van der Waals surface area contributed by atoms with Crippen molar-refractivity contribution in [2.24, 2.45) is 0 Å². The number of alkyl halides is 6. The standard InChI is InChI=1S/C35H31F7N4O5/c1-31(30(48)46-32(34(37,38)39)11-3-4-12-32)18-51-28-23(31)16-25(45-27(28)19-7-9-22(36)10-8-19)33(49,35(40,41)42)17-44-29(47)21-14-20-6-5-13-43-26(20)24(15-21)50-2/h5-10,13-16,49H,3-4,11-12,17-18H2,1-2H3,(H,44,47)(H,46,48)/t31-,33?/m0/s1. The minimum Gasteiger partial charge on any atom is -0.494 e. The molecular formula is C35H31F7N4O5. The molecule has 4 aromatic rings. The molecule has 0 spiro atoms. The molecule has 1 aliphatic carbocycles. The van der Waals surface area contributed by atoms with Crippen LogP contribution >= 0.6 is 0 Å². The molecule has 270 valence electrons. The highest BCUT2D eigenvalue weighted by Gasteiger charge is 2.60. The van der Waals surface area contributed by atoms with Gasteiger partial charge in [0.2, 0.25) is 11.5 Å². The van der Waals surface area contributed by atoms with E-state index in [1.807, 2.05) is 0 Å². The minimum absolute atomic E-state index is 0.0205. The summed E-state index contributed by atoms with van der Waals surface area (Å²) in [7, 11) is 1.32. The number of aliphatic hydroxyl groups is 1. The number of nitrogens with one attached hydrogen (secondary N) is 2. The van der Waals surface area contributed by atoms with Crippen LogP contribution in [0.2, 0.25) is 0 Å². The molecule has 1 aliphatic heterocycles. The van der Waals surface area contributed by atoms with Crippen molar-refractivity contribution in [2.75, 3.05) is 20.3 Å². The Balaban J connectivity index is 1.43. The summed E-state index contributed by atoms with van der Waals surface area (Å²) in [4.78, 5) is 35.3. The maximum absolute atomic E-state index is 15.0. The zero-order chi connectivity index (χ0) is 37.0. The summed E-state index contributed by atoms with van der Waals surface area (Å²) in [5.74, 6) is -2.95. The van der Waals surface area contributed by atoms with E-state index in [1.54, 1.807) is 12.1 Å². The number of carbonyl (C=O) groups excluding carboxylic acids is 2. The van der Waals surface area contributed by atoms with Crippen molar-refractivity contribution in [3.8, 4) is 22.8 Å². The molecule has 1 fully saturated rings. The summed E-state index contributed by atoms with van der Waals surface area (Å²) in [5, 5.41) is 16.1. The normalized spacial score (nSPS) is 19.6. The number of ether oxygens (including phenoxy) is 2. The van der Waals surface area contributed by atoms with Gasteiger partial charge in [-0.05, 0) is 68.3 Å². The number of rotatable bonds is 8. The number of benzene rings is 2. The van der Waals surface area contributed by atoms with Gasteiger partial charge in [0, 0.05) is 28.3 Å². The molecule has 2 aliphatic rings. The smallest absolute Gasteiger partial charge is 0.424 e. The van der Waals surface area contributed by atoms with E-state index in [2.05, 4.69) is 20.6 Å². The summed E-state index contributed by atoms with van der Waals surface area (Å²) in [6.45, 7) is -0.846. The van der Waals surface area contributed by atoms with Crippen molar-refractivity contribution >= 4 is 22.7 Å². The predicted molar refractivity (Wildman–Crippen MR) is 168 cm³/mol. The number of pyridine rings is 2. The molecule has 0 saturated heterocycles. The first-order valence-corrected chi connectivity index (χ1v) is 15.8. The van der Waals surface area contributed by atoms with Crippen LogP contribution in [0.4, 0.5) is 30.7 Å². The zero-order valence-corrected chi connectivity index (χ0v) is 27.1. The molecule has 51 heavy (non-hydrogen) atoms. The second-order valence-electron chi connectivity index (χ2n) is 12.9. The highest BCUT2D eigenvalue weighted by atomic mass is 19.4. The van der Waals surface area contributed by atoms with E-state index in [0.717, 1.165) is 18.2 Å². The molecule has 16 heteroatoms. The third-order valence-corrected chi connectivity index (χ3v) is 9.59.